The standard InChI is InChI=1S/C13H12BrNS/c1-10-7-8-15-13(12(10)14)16-9-11-5-3-2-4-6-11/h2-8H,9H2,1H3. The zero-order chi connectivity index (χ0) is 11.4. The molecule has 82 valence electrons. The van der Waals surface area contributed by atoms with E-state index in [0.717, 1.165) is 15.3 Å². The summed E-state index contributed by atoms with van der Waals surface area (Å²) in [6.45, 7) is 2.08. The van der Waals surface area contributed by atoms with E-state index in [4.69, 9.17) is 0 Å². The molecule has 2 rings (SSSR count). The van der Waals surface area contributed by atoms with Crippen molar-refractivity contribution in [2.75, 3.05) is 0 Å². The lowest BCUT2D eigenvalue weighted by atomic mass is 10.2. The highest BCUT2D eigenvalue weighted by atomic mass is 79.9. The summed E-state index contributed by atoms with van der Waals surface area (Å²) in [5, 5.41) is 1.06. The first-order chi connectivity index (χ1) is 7.77. The SMILES string of the molecule is Cc1ccnc(SCc2ccccc2)c1Br. The van der Waals surface area contributed by atoms with Gasteiger partial charge in [-0.25, -0.2) is 4.98 Å². The number of aromatic nitrogens is 1. The zero-order valence-electron chi connectivity index (χ0n) is 8.98. The second-order valence-electron chi connectivity index (χ2n) is 3.52. The van der Waals surface area contributed by atoms with Gasteiger partial charge < -0.3 is 0 Å². The summed E-state index contributed by atoms with van der Waals surface area (Å²) >= 11 is 5.33. The van der Waals surface area contributed by atoms with Crippen LogP contribution < -0.4 is 0 Å². The van der Waals surface area contributed by atoms with E-state index >= 15 is 0 Å². The van der Waals surface area contributed by atoms with Crippen LogP contribution in [0.25, 0.3) is 0 Å². The van der Waals surface area contributed by atoms with Crippen LogP contribution in [0.5, 0.6) is 0 Å². The lowest BCUT2D eigenvalue weighted by Gasteiger charge is -2.05. The third-order valence-electron chi connectivity index (χ3n) is 2.27. The molecule has 0 saturated carbocycles. The molecule has 1 nitrogen and oxygen atoms in total. The Bertz CT molecular complexity index is 471. The number of thioether (sulfide) groups is 1. The van der Waals surface area contributed by atoms with E-state index in [1.54, 1.807) is 11.8 Å². The van der Waals surface area contributed by atoms with Gasteiger partial charge in [-0.05, 0) is 40.0 Å². The van der Waals surface area contributed by atoms with Crippen LogP contribution in [-0.4, -0.2) is 4.98 Å². The van der Waals surface area contributed by atoms with Crippen molar-refractivity contribution in [1.29, 1.82) is 0 Å². The van der Waals surface area contributed by atoms with Crippen molar-refractivity contribution in [2.45, 2.75) is 17.7 Å². The molecule has 0 atom stereocenters. The predicted molar refractivity (Wildman–Crippen MR) is 72.7 cm³/mol. The summed E-state index contributed by atoms with van der Waals surface area (Å²) < 4.78 is 1.11. The van der Waals surface area contributed by atoms with Crippen LogP contribution in [0.3, 0.4) is 0 Å². The molecule has 0 saturated heterocycles. The molecule has 0 amide bonds. The average Bonchev–Trinajstić information content (AvgIpc) is 2.32. The molecule has 0 unspecified atom stereocenters. The number of nitrogens with zero attached hydrogens (tertiary/aromatic N) is 1. The number of rotatable bonds is 3. The molecule has 0 aliphatic rings. The minimum Gasteiger partial charge on any atom is -0.249 e. The van der Waals surface area contributed by atoms with E-state index in [-0.39, 0.29) is 0 Å². The molecule has 0 N–H and O–H groups in total. The molecular formula is C13H12BrNS. The van der Waals surface area contributed by atoms with Gasteiger partial charge in [-0.1, -0.05) is 30.3 Å². The van der Waals surface area contributed by atoms with Gasteiger partial charge in [-0.15, -0.1) is 11.8 Å². The number of hydrogen-bond acceptors (Lipinski definition) is 2. The fraction of sp³-hybridized carbons (Fsp3) is 0.154. The first-order valence-corrected chi connectivity index (χ1v) is 6.83. The van der Waals surface area contributed by atoms with Gasteiger partial charge in [0.05, 0.1) is 4.47 Å². The van der Waals surface area contributed by atoms with Crippen LogP contribution in [0.4, 0.5) is 0 Å². The fourth-order valence-electron chi connectivity index (χ4n) is 1.34. The minimum atomic E-state index is 0.954. The van der Waals surface area contributed by atoms with Crippen LogP contribution in [0.2, 0.25) is 0 Å². The summed E-state index contributed by atoms with van der Waals surface area (Å²) in [4.78, 5) is 4.37. The Morgan fingerprint density at radius 1 is 1.19 bits per heavy atom. The number of halogens is 1. The van der Waals surface area contributed by atoms with E-state index < -0.39 is 0 Å². The van der Waals surface area contributed by atoms with Crippen LogP contribution in [-0.2, 0) is 5.75 Å². The van der Waals surface area contributed by atoms with Crippen LogP contribution >= 0.6 is 27.7 Å². The first kappa shape index (κ1) is 11.7. The molecule has 0 aliphatic carbocycles. The average molecular weight is 294 g/mol. The highest BCUT2D eigenvalue weighted by Crippen LogP contribution is 2.29. The number of benzene rings is 1. The molecule has 16 heavy (non-hydrogen) atoms. The molecule has 0 bridgehead atoms. The van der Waals surface area contributed by atoms with Crippen molar-refractivity contribution in [3.8, 4) is 0 Å². The van der Waals surface area contributed by atoms with Crippen molar-refractivity contribution >= 4 is 27.7 Å². The van der Waals surface area contributed by atoms with Crippen molar-refractivity contribution in [1.82, 2.24) is 4.98 Å². The summed E-state index contributed by atoms with van der Waals surface area (Å²) in [5.41, 5.74) is 2.55. The molecule has 1 aromatic carbocycles. The highest BCUT2D eigenvalue weighted by Gasteiger charge is 2.04. The van der Waals surface area contributed by atoms with E-state index in [2.05, 4.69) is 52.1 Å². The minimum absolute atomic E-state index is 0.954. The number of hydrogen-bond donors (Lipinski definition) is 0. The Morgan fingerprint density at radius 2 is 1.94 bits per heavy atom. The smallest absolute Gasteiger partial charge is 0.111 e. The molecule has 0 aliphatic heterocycles. The molecule has 0 fully saturated rings. The first-order valence-electron chi connectivity index (χ1n) is 5.05. The molecule has 1 heterocycles. The van der Waals surface area contributed by atoms with E-state index in [9.17, 15) is 0 Å². The number of pyridine rings is 1. The predicted octanol–water partition coefficient (Wildman–Crippen LogP) is 4.44. The van der Waals surface area contributed by atoms with Crippen molar-refractivity contribution in [3.05, 3.63) is 58.2 Å². The topological polar surface area (TPSA) is 12.9 Å². The third-order valence-corrected chi connectivity index (χ3v) is 4.59. The van der Waals surface area contributed by atoms with Crippen molar-refractivity contribution < 1.29 is 0 Å². The van der Waals surface area contributed by atoms with E-state index in [1.807, 2.05) is 18.3 Å². The number of aryl methyl sites for hydroxylation is 1. The Balaban J connectivity index is 2.08. The molecule has 2 aromatic rings. The highest BCUT2D eigenvalue weighted by molar-refractivity contribution is 9.10. The summed E-state index contributed by atoms with van der Waals surface area (Å²) in [7, 11) is 0. The summed E-state index contributed by atoms with van der Waals surface area (Å²) in [6, 6.07) is 12.4. The van der Waals surface area contributed by atoms with E-state index in [1.165, 1.54) is 11.1 Å². The van der Waals surface area contributed by atoms with Gasteiger partial charge in [0.2, 0.25) is 0 Å². The zero-order valence-corrected chi connectivity index (χ0v) is 11.4. The molecule has 0 radical (unpaired) electrons. The monoisotopic (exact) mass is 293 g/mol. The third kappa shape index (κ3) is 2.86. The maximum atomic E-state index is 4.37. The van der Waals surface area contributed by atoms with Crippen molar-refractivity contribution in [2.24, 2.45) is 0 Å². The van der Waals surface area contributed by atoms with Crippen LogP contribution in [0.1, 0.15) is 11.1 Å². The quantitative estimate of drug-likeness (QED) is 0.776. The lowest BCUT2D eigenvalue weighted by molar-refractivity contribution is 1.08. The van der Waals surface area contributed by atoms with Crippen molar-refractivity contribution in [3.63, 3.8) is 0 Å². The fourth-order valence-corrected chi connectivity index (χ4v) is 2.84. The van der Waals surface area contributed by atoms with Crippen LogP contribution in [0.15, 0.2) is 52.1 Å². The molecule has 1 aromatic heterocycles. The maximum absolute atomic E-state index is 4.37. The summed E-state index contributed by atoms with van der Waals surface area (Å²) in [6.07, 6.45) is 1.85. The maximum Gasteiger partial charge on any atom is 0.111 e. The Morgan fingerprint density at radius 3 is 2.69 bits per heavy atom. The second kappa shape index (κ2) is 5.51. The Labute approximate surface area is 108 Å². The van der Waals surface area contributed by atoms with Gasteiger partial charge in [0, 0.05) is 11.9 Å². The largest absolute Gasteiger partial charge is 0.249 e. The molecule has 3 heteroatoms. The Hall–Kier alpha value is -0.800. The molecular weight excluding hydrogens is 282 g/mol. The van der Waals surface area contributed by atoms with Gasteiger partial charge in [0.25, 0.3) is 0 Å². The Kier molecular flexibility index (Phi) is 4.02. The van der Waals surface area contributed by atoms with E-state index in [0.29, 0.717) is 0 Å². The van der Waals surface area contributed by atoms with Gasteiger partial charge in [-0.3, -0.25) is 0 Å². The molecule has 0 spiro atoms. The van der Waals surface area contributed by atoms with Gasteiger partial charge in [0.1, 0.15) is 5.03 Å². The summed E-state index contributed by atoms with van der Waals surface area (Å²) in [5.74, 6) is 0.954. The van der Waals surface area contributed by atoms with Gasteiger partial charge >= 0.3 is 0 Å². The normalized spacial score (nSPS) is 10.4. The van der Waals surface area contributed by atoms with Gasteiger partial charge in [-0.2, -0.15) is 0 Å². The lowest BCUT2D eigenvalue weighted by Crippen LogP contribution is -1.86. The van der Waals surface area contributed by atoms with Gasteiger partial charge in [0.15, 0.2) is 0 Å². The second-order valence-corrected chi connectivity index (χ2v) is 5.28. The van der Waals surface area contributed by atoms with Crippen LogP contribution in [0, 0.1) is 6.92 Å².